The number of aromatic amines is 1. The molecule has 0 saturated carbocycles. The minimum absolute atomic E-state index is 0.0385. The molecule has 0 spiro atoms. The molecule has 0 aliphatic carbocycles. The van der Waals surface area contributed by atoms with Crippen molar-refractivity contribution in [2.75, 3.05) is 19.6 Å². The SMILES string of the molecule is NCCCC[C@@H]1NC(=O)[C@H](Cc2c[nH]c3ccccc23)NC(=O)[C@H](Cc2ccccc2)NC(=O)[C@@H]2CCCN2C(=O)[C@H]2CCCN2C(=O)[C@H](Cc2ccc(O)cc2)NC1=O. The Morgan fingerprint density at radius 3 is 1.88 bits per heavy atom. The van der Waals surface area contributed by atoms with E-state index in [-0.39, 0.29) is 43.9 Å². The first-order valence-corrected chi connectivity index (χ1v) is 21.0. The first-order chi connectivity index (χ1) is 29.1. The van der Waals surface area contributed by atoms with Gasteiger partial charge in [-0.3, -0.25) is 28.8 Å². The van der Waals surface area contributed by atoms with Crippen LogP contribution in [0.3, 0.4) is 0 Å². The fourth-order valence-electron chi connectivity index (χ4n) is 8.68. The fraction of sp³-hybridized carbons (Fsp3) is 0.422. The fourth-order valence-corrected chi connectivity index (χ4v) is 8.68. The van der Waals surface area contributed by atoms with E-state index in [0.717, 1.165) is 22.0 Å². The molecule has 15 nitrogen and oxygen atoms in total. The van der Waals surface area contributed by atoms with Crippen molar-refractivity contribution in [3.8, 4) is 5.75 Å². The number of hydrogen-bond donors (Lipinski definition) is 7. The number of unbranched alkanes of at least 4 members (excludes halogenated alkanes) is 1. The number of carbonyl (C=O) groups excluding carboxylic acids is 6. The van der Waals surface area contributed by atoms with Gasteiger partial charge in [0.05, 0.1) is 0 Å². The lowest BCUT2D eigenvalue weighted by molar-refractivity contribution is -0.148. The average molecular weight is 819 g/mol. The summed E-state index contributed by atoms with van der Waals surface area (Å²) in [5.41, 5.74) is 8.85. The smallest absolute Gasteiger partial charge is 0.246 e. The second kappa shape index (κ2) is 19.2. The van der Waals surface area contributed by atoms with Crippen molar-refractivity contribution in [3.05, 3.63) is 102 Å². The highest BCUT2D eigenvalue weighted by atomic mass is 16.3. The molecule has 8 N–H and O–H groups in total. The molecule has 316 valence electrons. The molecule has 0 radical (unpaired) electrons. The van der Waals surface area contributed by atoms with E-state index in [2.05, 4.69) is 26.3 Å². The molecule has 6 atom stereocenters. The molecule has 6 amide bonds. The highest BCUT2D eigenvalue weighted by molar-refractivity contribution is 5.99. The Balaban J connectivity index is 1.27. The van der Waals surface area contributed by atoms with E-state index in [9.17, 15) is 33.9 Å². The van der Waals surface area contributed by atoms with Crippen molar-refractivity contribution in [2.45, 2.75) is 100 Å². The Morgan fingerprint density at radius 2 is 1.15 bits per heavy atom. The zero-order chi connectivity index (χ0) is 42.2. The van der Waals surface area contributed by atoms with E-state index >= 15 is 0 Å². The quantitative estimate of drug-likeness (QED) is 0.117. The van der Waals surface area contributed by atoms with Crippen molar-refractivity contribution in [1.82, 2.24) is 36.1 Å². The minimum atomic E-state index is -1.19. The minimum Gasteiger partial charge on any atom is -0.508 e. The predicted octanol–water partition coefficient (Wildman–Crippen LogP) is 1.97. The van der Waals surface area contributed by atoms with E-state index < -0.39 is 65.8 Å². The molecule has 4 heterocycles. The van der Waals surface area contributed by atoms with Crippen LogP contribution in [-0.4, -0.2) is 111 Å². The Hall–Kier alpha value is -6.22. The summed E-state index contributed by atoms with van der Waals surface area (Å²) in [4.78, 5) is 93.0. The number of amides is 6. The van der Waals surface area contributed by atoms with E-state index in [1.165, 1.54) is 21.9 Å². The van der Waals surface area contributed by atoms with E-state index in [1.807, 2.05) is 54.6 Å². The zero-order valence-electron chi connectivity index (χ0n) is 33.6. The molecular formula is C45H54N8O7. The van der Waals surface area contributed by atoms with Gasteiger partial charge < -0.3 is 46.9 Å². The van der Waals surface area contributed by atoms with Crippen LogP contribution in [0.4, 0.5) is 0 Å². The number of aromatic nitrogens is 1. The Kier molecular flexibility index (Phi) is 13.4. The number of phenols is 1. The highest BCUT2D eigenvalue weighted by Crippen LogP contribution is 2.27. The number of para-hydroxylation sites is 1. The molecule has 15 heteroatoms. The van der Waals surface area contributed by atoms with Crippen LogP contribution in [0.15, 0.2) is 85.1 Å². The van der Waals surface area contributed by atoms with Gasteiger partial charge in [-0.15, -0.1) is 0 Å². The molecule has 1 aromatic heterocycles. The van der Waals surface area contributed by atoms with Gasteiger partial charge in [0.15, 0.2) is 0 Å². The summed E-state index contributed by atoms with van der Waals surface area (Å²) in [5.74, 6) is -3.11. The number of rotatable bonds is 10. The largest absolute Gasteiger partial charge is 0.508 e. The van der Waals surface area contributed by atoms with E-state index in [4.69, 9.17) is 5.73 Å². The Morgan fingerprint density at radius 1 is 0.583 bits per heavy atom. The molecule has 0 bridgehead atoms. The van der Waals surface area contributed by atoms with Crippen molar-refractivity contribution in [3.63, 3.8) is 0 Å². The lowest BCUT2D eigenvalue weighted by Crippen LogP contribution is -2.61. The highest BCUT2D eigenvalue weighted by Gasteiger charge is 2.44. The van der Waals surface area contributed by atoms with Gasteiger partial charge in [0.2, 0.25) is 35.4 Å². The Labute approximate surface area is 348 Å². The number of nitrogens with two attached hydrogens (primary N) is 1. The summed E-state index contributed by atoms with van der Waals surface area (Å²) in [6, 6.07) is 16.8. The topological polar surface area (TPSA) is 219 Å². The molecule has 4 aromatic rings. The number of nitrogens with zero attached hydrogens (tertiary/aromatic N) is 2. The van der Waals surface area contributed by atoms with Crippen LogP contribution < -0.4 is 27.0 Å². The van der Waals surface area contributed by atoms with Gasteiger partial charge in [-0.05, 0) is 86.4 Å². The number of carbonyl (C=O) groups is 6. The number of H-pyrrole nitrogens is 1. The van der Waals surface area contributed by atoms with Crippen molar-refractivity contribution in [2.24, 2.45) is 5.73 Å². The lowest BCUT2D eigenvalue weighted by atomic mass is 10.00. The standard InChI is InChI=1S/C45H54N8O7/c46-21-7-6-14-34-40(55)51-37(25-29-17-19-31(54)20-18-29)44(59)53-23-9-16-39(53)45(60)52-22-8-15-38(52)43(58)50-35(24-28-10-2-1-3-11-28)41(56)49-36(42(57)48-34)26-30-27-47-33-13-5-4-12-32(30)33/h1-5,10-13,17-20,27,34-39,47,54H,6-9,14-16,21-26,46H2,(H,48,57)(H,49,56)(H,50,58)(H,51,55)/t34-,35-,36-,37-,38-,39+/m0/s1. The number of phenolic OH excluding ortho intramolecular Hbond substituents is 1. The van der Waals surface area contributed by atoms with E-state index in [0.29, 0.717) is 57.2 Å². The summed E-state index contributed by atoms with van der Waals surface area (Å²) < 4.78 is 0. The van der Waals surface area contributed by atoms with Crippen LogP contribution in [0.1, 0.15) is 61.6 Å². The summed E-state index contributed by atoms with van der Waals surface area (Å²) in [7, 11) is 0. The van der Waals surface area contributed by atoms with Crippen LogP contribution in [-0.2, 0) is 48.0 Å². The molecule has 3 aliphatic rings. The number of benzene rings is 3. The molecule has 3 fully saturated rings. The molecule has 3 saturated heterocycles. The lowest BCUT2D eigenvalue weighted by Gasteiger charge is -2.34. The Bertz CT molecular complexity index is 2180. The van der Waals surface area contributed by atoms with Gasteiger partial charge in [-0.1, -0.05) is 60.7 Å². The first-order valence-electron chi connectivity index (χ1n) is 21.0. The predicted molar refractivity (Wildman–Crippen MR) is 224 cm³/mol. The molecule has 0 unspecified atom stereocenters. The number of hydrogen-bond acceptors (Lipinski definition) is 8. The van der Waals surface area contributed by atoms with E-state index in [1.54, 1.807) is 18.3 Å². The van der Waals surface area contributed by atoms with Gasteiger partial charge in [0.1, 0.15) is 42.0 Å². The summed E-state index contributed by atoms with van der Waals surface area (Å²) in [6.07, 6.45) is 5.07. The number of nitrogens with one attached hydrogen (secondary N) is 5. The third kappa shape index (κ3) is 9.79. The maximum atomic E-state index is 14.6. The van der Waals surface area contributed by atoms with Crippen molar-refractivity contribution >= 4 is 46.3 Å². The van der Waals surface area contributed by atoms with Gasteiger partial charge in [0.25, 0.3) is 0 Å². The zero-order valence-corrected chi connectivity index (χ0v) is 33.6. The third-order valence-electron chi connectivity index (χ3n) is 11.9. The average Bonchev–Trinajstić information content (AvgIpc) is 4.04. The number of aromatic hydroxyl groups is 1. The normalized spacial score (nSPS) is 24.6. The van der Waals surface area contributed by atoms with Gasteiger partial charge in [0, 0.05) is 49.5 Å². The second-order valence-corrected chi connectivity index (χ2v) is 16.0. The molecule has 60 heavy (non-hydrogen) atoms. The van der Waals surface area contributed by atoms with Crippen LogP contribution in [0, 0.1) is 0 Å². The van der Waals surface area contributed by atoms with Gasteiger partial charge in [-0.2, -0.15) is 0 Å². The van der Waals surface area contributed by atoms with Crippen LogP contribution >= 0.6 is 0 Å². The number of fused-ring (bicyclic) bond motifs is 3. The van der Waals surface area contributed by atoms with Crippen LogP contribution in [0.5, 0.6) is 5.75 Å². The monoisotopic (exact) mass is 818 g/mol. The van der Waals surface area contributed by atoms with Crippen molar-refractivity contribution in [1.29, 1.82) is 0 Å². The maximum Gasteiger partial charge on any atom is 0.246 e. The molecule has 3 aromatic carbocycles. The van der Waals surface area contributed by atoms with Gasteiger partial charge in [-0.25, -0.2) is 0 Å². The van der Waals surface area contributed by atoms with Crippen LogP contribution in [0.2, 0.25) is 0 Å². The van der Waals surface area contributed by atoms with Crippen molar-refractivity contribution < 1.29 is 33.9 Å². The summed E-state index contributed by atoms with van der Waals surface area (Å²) >= 11 is 0. The molecule has 3 aliphatic heterocycles. The maximum absolute atomic E-state index is 14.6. The van der Waals surface area contributed by atoms with Crippen LogP contribution in [0.25, 0.3) is 10.9 Å². The summed E-state index contributed by atoms with van der Waals surface area (Å²) in [5, 5.41) is 22.5. The third-order valence-corrected chi connectivity index (χ3v) is 11.9. The van der Waals surface area contributed by atoms with Gasteiger partial charge >= 0.3 is 0 Å². The summed E-state index contributed by atoms with van der Waals surface area (Å²) in [6.45, 7) is 0.934. The second-order valence-electron chi connectivity index (χ2n) is 16.0. The molecular weight excluding hydrogens is 765 g/mol. The first kappa shape index (κ1) is 41.9. The molecule has 7 rings (SSSR count).